The first-order valence-corrected chi connectivity index (χ1v) is 7.74. The van der Waals surface area contributed by atoms with Crippen molar-refractivity contribution >= 4 is 22.4 Å². The van der Waals surface area contributed by atoms with Gasteiger partial charge in [0.2, 0.25) is 0 Å². The molecule has 5 heteroatoms. The molecule has 2 aliphatic rings. The molecule has 1 aliphatic heterocycles. The van der Waals surface area contributed by atoms with Crippen molar-refractivity contribution in [3.63, 3.8) is 0 Å². The molecule has 1 aliphatic carbocycles. The van der Waals surface area contributed by atoms with Crippen LogP contribution >= 0.6 is 0 Å². The van der Waals surface area contributed by atoms with Crippen LogP contribution in [0, 0.1) is 0 Å². The highest BCUT2D eigenvalue weighted by Crippen LogP contribution is 2.43. The Bertz CT molecular complexity index is 939. The molecule has 1 fully saturated rings. The maximum Gasteiger partial charge on any atom is 0.196 e. The molecule has 23 heavy (non-hydrogen) atoms. The van der Waals surface area contributed by atoms with Crippen LogP contribution in [0.3, 0.4) is 0 Å². The molecule has 2 heterocycles. The first-order valence-electron chi connectivity index (χ1n) is 7.74. The lowest BCUT2D eigenvalue weighted by Gasteiger charge is -2.31. The minimum Gasteiger partial charge on any atom is -0.378 e. The third-order valence-electron chi connectivity index (χ3n) is 4.62. The van der Waals surface area contributed by atoms with Crippen LogP contribution in [0.4, 0.5) is 5.69 Å². The molecule has 114 valence electrons. The summed E-state index contributed by atoms with van der Waals surface area (Å²) in [5.74, 6) is 0.740. The van der Waals surface area contributed by atoms with Crippen molar-refractivity contribution in [3.05, 3.63) is 47.5 Å². The van der Waals surface area contributed by atoms with E-state index < -0.39 is 0 Å². The normalized spacial score (nSPS) is 16.7. The summed E-state index contributed by atoms with van der Waals surface area (Å²) in [6.07, 6.45) is 0. The Morgan fingerprint density at radius 3 is 2.61 bits per heavy atom. The predicted molar refractivity (Wildman–Crippen MR) is 85.9 cm³/mol. The predicted octanol–water partition coefficient (Wildman–Crippen LogP) is 2.88. The van der Waals surface area contributed by atoms with Gasteiger partial charge in [-0.15, -0.1) is 0 Å². The summed E-state index contributed by atoms with van der Waals surface area (Å²) in [7, 11) is 0. The average Bonchev–Trinajstić information content (AvgIpc) is 3.05. The molecule has 0 radical (unpaired) electrons. The smallest absolute Gasteiger partial charge is 0.196 e. The van der Waals surface area contributed by atoms with E-state index in [9.17, 15) is 4.79 Å². The number of ketones is 1. The monoisotopic (exact) mass is 306 g/mol. The van der Waals surface area contributed by atoms with Crippen LogP contribution < -0.4 is 4.90 Å². The summed E-state index contributed by atoms with van der Waals surface area (Å²) in [4.78, 5) is 15.3. The zero-order valence-electron chi connectivity index (χ0n) is 12.4. The molecule has 1 aromatic heterocycles. The number of nitrogens with zero attached hydrogens (tertiary/aromatic N) is 2. The van der Waals surface area contributed by atoms with Gasteiger partial charge in [0.25, 0.3) is 0 Å². The highest BCUT2D eigenvalue weighted by molar-refractivity contribution is 6.27. The lowest BCUT2D eigenvalue weighted by molar-refractivity contribution is 0.103. The van der Waals surface area contributed by atoms with Crippen molar-refractivity contribution in [2.24, 2.45) is 0 Å². The van der Waals surface area contributed by atoms with Gasteiger partial charge in [-0.05, 0) is 12.1 Å². The highest BCUT2D eigenvalue weighted by Gasteiger charge is 2.32. The summed E-state index contributed by atoms with van der Waals surface area (Å²) in [5, 5.41) is 4.97. The molecule has 0 amide bonds. The largest absolute Gasteiger partial charge is 0.378 e. The number of benzene rings is 2. The number of aromatic nitrogens is 1. The number of hydrogen-bond donors (Lipinski definition) is 0. The van der Waals surface area contributed by atoms with Gasteiger partial charge >= 0.3 is 0 Å². The van der Waals surface area contributed by atoms with E-state index in [1.807, 2.05) is 36.4 Å². The van der Waals surface area contributed by atoms with Crippen molar-refractivity contribution < 1.29 is 14.1 Å². The van der Waals surface area contributed by atoms with Crippen LogP contribution in [0.15, 0.2) is 40.9 Å². The molecule has 0 spiro atoms. The van der Waals surface area contributed by atoms with E-state index in [0.29, 0.717) is 30.1 Å². The van der Waals surface area contributed by atoms with Crippen LogP contribution in [0.25, 0.3) is 22.2 Å². The second-order valence-electron chi connectivity index (χ2n) is 5.84. The Kier molecular flexibility index (Phi) is 2.60. The molecule has 0 N–H and O–H groups in total. The van der Waals surface area contributed by atoms with E-state index in [1.165, 1.54) is 0 Å². The van der Waals surface area contributed by atoms with Gasteiger partial charge in [-0.25, -0.2) is 0 Å². The van der Waals surface area contributed by atoms with Crippen LogP contribution in [-0.4, -0.2) is 37.2 Å². The summed E-state index contributed by atoms with van der Waals surface area (Å²) in [5.41, 5.74) is 3.89. The lowest BCUT2D eigenvalue weighted by atomic mass is 9.86. The van der Waals surface area contributed by atoms with Gasteiger partial charge in [0.05, 0.1) is 24.2 Å². The number of carbonyl (C=O) groups excluding carboxylic acids is 1. The second kappa shape index (κ2) is 4.67. The fraction of sp³-hybridized carbons (Fsp3) is 0.222. The van der Waals surface area contributed by atoms with Crippen LogP contribution in [0.2, 0.25) is 0 Å². The lowest BCUT2D eigenvalue weighted by Crippen LogP contribution is -2.37. The number of carbonyl (C=O) groups is 1. The van der Waals surface area contributed by atoms with Crippen molar-refractivity contribution in [3.8, 4) is 11.3 Å². The van der Waals surface area contributed by atoms with E-state index in [4.69, 9.17) is 9.26 Å². The summed E-state index contributed by atoms with van der Waals surface area (Å²) in [6, 6.07) is 11.5. The third-order valence-corrected chi connectivity index (χ3v) is 4.62. The molecule has 0 saturated carbocycles. The molecule has 1 saturated heterocycles. The molecule has 0 atom stereocenters. The Hall–Kier alpha value is -2.66. The molecule has 0 bridgehead atoms. The first-order chi connectivity index (χ1) is 11.3. The summed E-state index contributed by atoms with van der Waals surface area (Å²) < 4.78 is 11.0. The number of rotatable bonds is 1. The minimum absolute atomic E-state index is 0.0448. The molecular weight excluding hydrogens is 292 g/mol. The van der Waals surface area contributed by atoms with Gasteiger partial charge in [-0.3, -0.25) is 4.79 Å². The van der Waals surface area contributed by atoms with Gasteiger partial charge in [-0.2, -0.15) is 0 Å². The van der Waals surface area contributed by atoms with Crippen LogP contribution in [-0.2, 0) is 4.74 Å². The van der Waals surface area contributed by atoms with E-state index in [0.717, 1.165) is 35.2 Å². The number of morpholine rings is 1. The average molecular weight is 306 g/mol. The molecule has 5 rings (SSSR count). The zero-order valence-corrected chi connectivity index (χ0v) is 12.4. The van der Waals surface area contributed by atoms with Crippen LogP contribution in [0.5, 0.6) is 0 Å². The molecule has 3 aromatic rings. The number of fused-ring (bicyclic) bond motifs is 2. The van der Waals surface area contributed by atoms with Gasteiger partial charge in [0.15, 0.2) is 11.5 Å². The summed E-state index contributed by atoms with van der Waals surface area (Å²) >= 11 is 0. The molecule has 0 unspecified atom stereocenters. The maximum atomic E-state index is 13.1. The minimum atomic E-state index is 0.0448. The first kappa shape index (κ1) is 12.8. The van der Waals surface area contributed by atoms with Gasteiger partial charge < -0.3 is 14.2 Å². The van der Waals surface area contributed by atoms with E-state index in [2.05, 4.69) is 10.1 Å². The Morgan fingerprint density at radius 2 is 1.78 bits per heavy atom. The highest BCUT2D eigenvalue weighted by atomic mass is 16.5. The number of ether oxygens (including phenoxy) is 1. The SMILES string of the molecule is O=C1c2ccccc2-c2onc3ccc(N4CCOCC4)c1c23. The Labute approximate surface area is 132 Å². The van der Waals surface area contributed by atoms with Gasteiger partial charge in [0.1, 0.15) is 5.52 Å². The molecule has 2 aromatic carbocycles. The number of anilines is 1. The topological polar surface area (TPSA) is 55.6 Å². The van der Waals surface area contributed by atoms with Crippen molar-refractivity contribution in [2.45, 2.75) is 0 Å². The van der Waals surface area contributed by atoms with Gasteiger partial charge in [0, 0.05) is 29.9 Å². The molecule has 5 nitrogen and oxygen atoms in total. The van der Waals surface area contributed by atoms with E-state index in [-0.39, 0.29) is 5.78 Å². The Balaban J connectivity index is 1.82. The Morgan fingerprint density at radius 1 is 1.00 bits per heavy atom. The maximum absolute atomic E-state index is 13.1. The van der Waals surface area contributed by atoms with E-state index >= 15 is 0 Å². The molecular formula is C18H14N2O3. The van der Waals surface area contributed by atoms with Crippen molar-refractivity contribution in [1.29, 1.82) is 0 Å². The van der Waals surface area contributed by atoms with Gasteiger partial charge in [-0.1, -0.05) is 29.4 Å². The van der Waals surface area contributed by atoms with Crippen molar-refractivity contribution in [2.75, 3.05) is 31.2 Å². The second-order valence-corrected chi connectivity index (χ2v) is 5.84. The standard InChI is InChI=1S/C18H14N2O3/c21-17-11-3-1-2-4-12(11)18-15-13(19-23-18)5-6-14(16(15)17)20-7-9-22-10-8-20/h1-6H,7-10H2. The third kappa shape index (κ3) is 1.71. The quantitative estimate of drug-likeness (QED) is 0.541. The van der Waals surface area contributed by atoms with Crippen molar-refractivity contribution in [1.82, 2.24) is 5.16 Å². The fourth-order valence-corrected chi connectivity index (χ4v) is 3.52. The number of hydrogen-bond acceptors (Lipinski definition) is 5. The summed E-state index contributed by atoms with van der Waals surface area (Å²) in [6.45, 7) is 2.93. The van der Waals surface area contributed by atoms with E-state index in [1.54, 1.807) is 0 Å². The zero-order chi connectivity index (χ0) is 15.4. The van der Waals surface area contributed by atoms with Crippen LogP contribution in [0.1, 0.15) is 15.9 Å². The fourth-order valence-electron chi connectivity index (χ4n) is 3.52.